The lowest BCUT2D eigenvalue weighted by atomic mass is 9.97. The van der Waals surface area contributed by atoms with E-state index in [0.29, 0.717) is 5.92 Å². The van der Waals surface area contributed by atoms with Gasteiger partial charge in [0.1, 0.15) is 6.42 Å². The molecule has 0 aromatic carbocycles. The topological polar surface area (TPSA) is 44.1 Å². The summed E-state index contributed by atoms with van der Waals surface area (Å²) in [5.41, 5.74) is 0. The van der Waals surface area contributed by atoms with Crippen molar-refractivity contribution in [3.05, 3.63) is 12.7 Å². The Hall–Kier alpha value is -1.30. The Balaban J connectivity index is 2.37. The molecule has 0 aliphatic carbocycles. The number of likely N-dealkylation sites (tertiary alicyclic amines) is 1. The van der Waals surface area contributed by atoms with Crippen LogP contribution in [0.2, 0.25) is 0 Å². The van der Waals surface area contributed by atoms with E-state index in [-0.39, 0.29) is 12.3 Å². The molecule has 1 fully saturated rings. The molecule has 0 N–H and O–H groups in total. The zero-order chi connectivity index (χ0) is 9.68. The zero-order valence-corrected chi connectivity index (χ0v) is 7.70. The highest BCUT2D eigenvalue weighted by molar-refractivity contribution is 5.78. The maximum Gasteiger partial charge on any atom is 0.236 e. The van der Waals surface area contributed by atoms with Gasteiger partial charge >= 0.3 is 0 Å². The maximum absolute atomic E-state index is 11.3. The molecular weight excluding hydrogens is 164 g/mol. The number of carbonyl (C=O) groups excluding carboxylic acids is 1. The monoisotopic (exact) mass is 178 g/mol. The van der Waals surface area contributed by atoms with E-state index in [1.54, 1.807) is 4.90 Å². The molecule has 0 radical (unpaired) electrons. The molecular formula is C10H14N2O. The number of hydrogen-bond donors (Lipinski definition) is 0. The molecule has 0 bridgehead atoms. The highest BCUT2D eigenvalue weighted by Crippen LogP contribution is 2.17. The van der Waals surface area contributed by atoms with Crippen LogP contribution in [0.5, 0.6) is 0 Å². The second kappa shape index (κ2) is 4.66. The van der Waals surface area contributed by atoms with Gasteiger partial charge in [-0.2, -0.15) is 5.26 Å². The maximum atomic E-state index is 11.3. The Morgan fingerprint density at radius 1 is 1.62 bits per heavy atom. The van der Waals surface area contributed by atoms with Gasteiger partial charge in [-0.3, -0.25) is 4.79 Å². The summed E-state index contributed by atoms with van der Waals surface area (Å²) < 4.78 is 0. The predicted molar refractivity (Wildman–Crippen MR) is 49.7 cm³/mol. The molecule has 1 aliphatic rings. The van der Waals surface area contributed by atoms with Crippen molar-refractivity contribution < 1.29 is 4.79 Å². The van der Waals surface area contributed by atoms with Crippen molar-refractivity contribution in [3.8, 4) is 6.07 Å². The van der Waals surface area contributed by atoms with E-state index in [0.717, 1.165) is 25.9 Å². The summed E-state index contributed by atoms with van der Waals surface area (Å²) in [5.74, 6) is 0.510. The van der Waals surface area contributed by atoms with E-state index in [1.165, 1.54) is 0 Å². The molecule has 0 spiro atoms. The number of carbonyl (C=O) groups is 1. The minimum absolute atomic E-state index is 0.0127. The van der Waals surface area contributed by atoms with Crippen LogP contribution < -0.4 is 0 Å². The van der Waals surface area contributed by atoms with Crippen LogP contribution in [0.3, 0.4) is 0 Å². The van der Waals surface area contributed by atoms with Gasteiger partial charge in [-0.1, -0.05) is 6.08 Å². The van der Waals surface area contributed by atoms with Crippen molar-refractivity contribution in [1.82, 2.24) is 4.90 Å². The van der Waals surface area contributed by atoms with Crippen LogP contribution in [0.15, 0.2) is 12.7 Å². The van der Waals surface area contributed by atoms with Crippen molar-refractivity contribution in [2.45, 2.75) is 19.3 Å². The number of rotatable bonds is 2. The number of amides is 1. The van der Waals surface area contributed by atoms with Crippen molar-refractivity contribution in [1.29, 1.82) is 5.26 Å². The van der Waals surface area contributed by atoms with E-state index in [9.17, 15) is 4.79 Å². The van der Waals surface area contributed by atoms with Crippen molar-refractivity contribution in [3.63, 3.8) is 0 Å². The molecule has 1 amide bonds. The molecule has 0 atom stereocenters. The van der Waals surface area contributed by atoms with E-state index in [1.807, 2.05) is 12.1 Å². The summed E-state index contributed by atoms with van der Waals surface area (Å²) in [6.45, 7) is 5.28. The van der Waals surface area contributed by atoms with Gasteiger partial charge in [-0.15, -0.1) is 6.58 Å². The minimum atomic E-state index is -0.0370. The molecule has 3 nitrogen and oxygen atoms in total. The molecule has 0 saturated carbocycles. The highest BCUT2D eigenvalue weighted by Gasteiger charge is 2.20. The fourth-order valence-corrected chi connectivity index (χ4v) is 1.56. The minimum Gasteiger partial charge on any atom is -0.342 e. The summed E-state index contributed by atoms with van der Waals surface area (Å²) in [4.78, 5) is 13.0. The third-order valence-corrected chi connectivity index (χ3v) is 2.46. The Morgan fingerprint density at radius 3 is 2.69 bits per heavy atom. The smallest absolute Gasteiger partial charge is 0.236 e. The summed E-state index contributed by atoms with van der Waals surface area (Å²) in [5, 5.41) is 8.35. The Labute approximate surface area is 78.6 Å². The lowest BCUT2D eigenvalue weighted by Gasteiger charge is -2.29. The van der Waals surface area contributed by atoms with Gasteiger partial charge < -0.3 is 4.90 Å². The van der Waals surface area contributed by atoms with Crippen LogP contribution in [-0.4, -0.2) is 23.9 Å². The third kappa shape index (κ3) is 2.59. The molecule has 1 rings (SSSR count). The van der Waals surface area contributed by atoms with Crippen molar-refractivity contribution >= 4 is 5.91 Å². The second-order valence-corrected chi connectivity index (χ2v) is 3.29. The molecule has 0 aromatic heterocycles. The van der Waals surface area contributed by atoms with Gasteiger partial charge in [-0.05, 0) is 18.8 Å². The highest BCUT2D eigenvalue weighted by atomic mass is 16.2. The summed E-state index contributed by atoms with van der Waals surface area (Å²) in [6.07, 6.45) is 3.94. The summed E-state index contributed by atoms with van der Waals surface area (Å²) >= 11 is 0. The first kappa shape index (κ1) is 9.79. The molecule has 1 aliphatic heterocycles. The molecule has 1 heterocycles. The van der Waals surface area contributed by atoms with Gasteiger partial charge in [0.05, 0.1) is 6.07 Å². The first-order chi connectivity index (χ1) is 6.27. The fraction of sp³-hybridized carbons (Fsp3) is 0.600. The molecule has 0 aromatic rings. The first-order valence-corrected chi connectivity index (χ1v) is 4.55. The largest absolute Gasteiger partial charge is 0.342 e. The lowest BCUT2D eigenvalue weighted by Crippen LogP contribution is -2.37. The molecule has 0 unspecified atom stereocenters. The third-order valence-electron chi connectivity index (χ3n) is 2.46. The van der Waals surface area contributed by atoms with Crippen molar-refractivity contribution in [2.75, 3.05) is 13.1 Å². The van der Waals surface area contributed by atoms with Crippen LogP contribution in [0.25, 0.3) is 0 Å². The number of nitrogens with zero attached hydrogens (tertiary/aromatic N) is 2. The Bertz CT molecular complexity index is 234. The van der Waals surface area contributed by atoms with Gasteiger partial charge in [0.25, 0.3) is 0 Å². The number of allylic oxidation sites excluding steroid dienone is 1. The molecule has 1 saturated heterocycles. The van der Waals surface area contributed by atoms with Crippen LogP contribution in [0.4, 0.5) is 0 Å². The predicted octanol–water partition coefficient (Wildman–Crippen LogP) is 1.32. The van der Waals surface area contributed by atoms with Crippen molar-refractivity contribution in [2.24, 2.45) is 5.92 Å². The summed E-state index contributed by atoms with van der Waals surface area (Å²) in [7, 11) is 0. The van der Waals surface area contributed by atoms with Gasteiger partial charge in [-0.25, -0.2) is 0 Å². The lowest BCUT2D eigenvalue weighted by molar-refractivity contribution is -0.131. The number of nitriles is 1. The standard InChI is InChI=1S/C10H14N2O/c1-2-9-4-7-12(8-5-9)10(13)3-6-11/h2,9H,1,3-5,7-8H2. The fourth-order valence-electron chi connectivity index (χ4n) is 1.56. The average Bonchev–Trinajstić information content (AvgIpc) is 2.18. The first-order valence-electron chi connectivity index (χ1n) is 4.55. The molecule has 3 heteroatoms. The van der Waals surface area contributed by atoms with Crippen LogP contribution in [0, 0.1) is 17.2 Å². The van der Waals surface area contributed by atoms with E-state index in [2.05, 4.69) is 6.58 Å². The van der Waals surface area contributed by atoms with Crippen LogP contribution >= 0.6 is 0 Å². The zero-order valence-electron chi connectivity index (χ0n) is 7.70. The van der Waals surface area contributed by atoms with Crippen LogP contribution in [-0.2, 0) is 4.79 Å². The quantitative estimate of drug-likeness (QED) is 0.599. The Kier molecular flexibility index (Phi) is 3.51. The Morgan fingerprint density at radius 2 is 2.23 bits per heavy atom. The van der Waals surface area contributed by atoms with E-state index in [4.69, 9.17) is 5.26 Å². The normalized spacial score (nSPS) is 17.9. The summed E-state index contributed by atoms with van der Waals surface area (Å²) in [6, 6.07) is 1.88. The SMILES string of the molecule is C=CC1CCN(C(=O)CC#N)CC1. The van der Waals surface area contributed by atoms with Crippen LogP contribution in [0.1, 0.15) is 19.3 Å². The van der Waals surface area contributed by atoms with Gasteiger partial charge in [0.15, 0.2) is 0 Å². The van der Waals surface area contributed by atoms with Gasteiger partial charge in [0, 0.05) is 13.1 Å². The average molecular weight is 178 g/mol. The van der Waals surface area contributed by atoms with E-state index >= 15 is 0 Å². The molecule has 70 valence electrons. The number of piperidine rings is 1. The molecule has 13 heavy (non-hydrogen) atoms. The van der Waals surface area contributed by atoms with E-state index < -0.39 is 0 Å². The second-order valence-electron chi connectivity index (χ2n) is 3.29. The number of hydrogen-bond acceptors (Lipinski definition) is 2. The van der Waals surface area contributed by atoms with Gasteiger partial charge in [0.2, 0.25) is 5.91 Å².